The number of H-pyrrole nitrogens is 1. The molecule has 5 nitrogen and oxygen atoms in total. The first-order chi connectivity index (χ1) is 13.6. The predicted octanol–water partition coefficient (Wildman–Crippen LogP) is 2.66. The maximum atomic E-state index is 14.8. The minimum absolute atomic E-state index is 0.108. The Morgan fingerprint density at radius 1 is 1.18 bits per heavy atom. The fourth-order valence-electron chi connectivity index (χ4n) is 3.18. The van der Waals surface area contributed by atoms with Crippen molar-refractivity contribution in [2.45, 2.75) is 0 Å². The van der Waals surface area contributed by atoms with Crippen LogP contribution in [0.2, 0.25) is 0 Å². The first kappa shape index (κ1) is 17.5. The number of aromatic hydroxyl groups is 1. The zero-order chi connectivity index (χ0) is 19.7. The average molecular weight is 372 g/mol. The highest BCUT2D eigenvalue weighted by atomic mass is 19.1. The van der Waals surface area contributed by atoms with Crippen molar-refractivity contribution < 1.29 is 9.50 Å². The monoisotopic (exact) mass is 372 g/mol. The number of fused-ring (bicyclic) bond motifs is 1. The largest absolute Gasteiger partial charge is 0.508 e. The number of aromatic nitrogens is 3. The second kappa shape index (κ2) is 7.00. The van der Waals surface area contributed by atoms with Gasteiger partial charge in [-0.15, -0.1) is 0 Å². The molecule has 1 aromatic carbocycles. The second-order valence-corrected chi connectivity index (χ2v) is 6.28. The Morgan fingerprint density at radius 3 is 2.64 bits per heavy atom. The molecule has 0 amide bonds. The van der Waals surface area contributed by atoms with Gasteiger partial charge in [0.1, 0.15) is 17.2 Å². The molecular formula is C22H17FN4O. The van der Waals surface area contributed by atoms with E-state index in [-0.39, 0.29) is 5.75 Å². The number of pyridine rings is 2. The molecule has 0 saturated heterocycles. The SMILES string of the molecule is C=C(/C=c1\c(=C/N)[nH]c2ncc(F)c(-c3ccc(O)cc3)c12)c1cccnc1. The Bertz CT molecular complexity index is 1290. The van der Waals surface area contributed by atoms with Gasteiger partial charge in [0, 0.05) is 34.8 Å². The van der Waals surface area contributed by atoms with E-state index in [0.29, 0.717) is 38.3 Å². The van der Waals surface area contributed by atoms with Gasteiger partial charge in [-0.3, -0.25) is 4.98 Å². The van der Waals surface area contributed by atoms with E-state index in [1.807, 2.05) is 18.2 Å². The highest BCUT2D eigenvalue weighted by molar-refractivity contribution is 5.98. The maximum Gasteiger partial charge on any atom is 0.150 e. The van der Waals surface area contributed by atoms with Gasteiger partial charge in [-0.25, -0.2) is 9.37 Å². The van der Waals surface area contributed by atoms with Gasteiger partial charge >= 0.3 is 0 Å². The number of allylic oxidation sites excluding steroid dienone is 1. The first-order valence-electron chi connectivity index (χ1n) is 8.57. The number of phenolic OH excluding ortho intramolecular Hbond substituents is 1. The van der Waals surface area contributed by atoms with Crippen molar-refractivity contribution >= 4 is 28.9 Å². The summed E-state index contributed by atoms with van der Waals surface area (Å²) in [6.45, 7) is 4.11. The molecule has 0 spiro atoms. The third-order valence-electron chi connectivity index (χ3n) is 4.52. The van der Waals surface area contributed by atoms with Gasteiger partial charge in [-0.05, 0) is 41.0 Å². The van der Waals surface area contributed by atoms with Crippen LogP contribution in [0.1, 0.15) is 5.56 Å². The number of halogens is 1. The highest BCUT2D eigenvalue weighted by Gasteiger charge is 2.15. The molecule has 0 atom stereocenters. The predicted molar refractivity (Wildman–Crippen MR) is 109 cm³/mol. The summed E-state index contributed by atoms with van der Waals surface area (Å²) < 4.78 is 14.8. The maximum absolute atomic E-state index is 14.8. The number of phenols is 1. The summed E-state index contributed by atoms with van der Waals surface area (Å²) in [5, 5.41) is 11.5. The molecular weight excluding hydrogens is 355 g/mol. The molecule has 0 aliphatic carbocycles. The van der Waals surface area contributed by atoms with Gasteiger partial charge < -0.3 is 15.8 Å². The van der Waals surface area contributed by atoms with Crippen LogP contribution in [-0.2, 0) is 0 Å². The van der Waals surface area contributed by atoms with Crippen LogP contribution in [0.15, 0.2) is 61.6 Å². The van der Waals surface area contributed by atoms with Gasteiger partial charge in [0.15, 0.2) is 0 Å². The molecule has 4 aromatic rings. The topological polar surface area (TPSA) is 87.8 Å². The molecule has 0 fully saturated rings. The van der Waals surface area contributed by atoms with E-state index in [4.69, 9.17) is 5.73 Å². The molecule has 3 heterocycles. The fourth-order valence-corrected chi connectivity index (χ4v) is 3.18. The summed E-state index contributed by atoms with van der Waals surface area (Å²) in [6, 6.07) is 10.1. The van der Waals surface area contributed by atoms with Gasteiger partial charge in [0.25, 0.3) is 0 Å². The molecule has 0 saturated carbocycles. The van der Waals surface area contributed by atoms with E-state index >= 15 is 0 Å². The number of nitrogens with one attached hydrogen (secondary N) is 1. The number of nitrogens with two attached hydrogens (primary N) is 1. The van der Waals surface area contributed by atoms with Crippen LogP contribution in [0.25, 0.3) is 40.0 Å². The van der Waals surface area contributed by atoms with Crippen molar-refractivity contribution in [1.82, 2.24) is 15.0 Å². The van der Waals surface area contributed by atoms with Gasteiger partial charge in [-0.1, -0.05) is 24.8 Å². The summed E-state index contributed by atoms with van der Waals surface area (Å²) in [4.78, 5) is 11.4. The average Bonchev–Trinajstić information content (AvgIpc) is 3.07. The third kappa shape index (κ3) is 3.01. The second-order valence-electron chi connectivity index (χ2n) is 6.28. The van der Waals surface area contributed by atoms with E-state index in [1.54, 1.807) is 24.5 Å². The minimum Gasteiger partial charge on any atom is -0.508 e. The fraction of sp³-hybridized carbons (Fsp3) is 0. The molecule has 4 N–H and O–H groups in total. The Balaban J connectivity index is 2.06. The van der Waals surface area contributed by atoms with Crippen molar-refractivity contribution in [3.63, 3.8) is 0 Å². The lowest BCUT2D eigenvalue weighted by atomic mass is 10.0. The molecule has 28 heavy (non-hydrogen) atoms. The molecule has 0 radical (unpaired) electrons. The van der Waals surface area contributed by atoms with Crippen LogP contribution in [0.5, 0.6) is 5.75 Å². The van der Waals surface area contributed by atoms with Crippen molar-refractivity contribution in [3.8, 4) is 16.9 Å². The standard InChI is InChI=1S/C22H17FN4O/c1-13(15-3-2-8-25-11-15)9-17-19(10-24)27-22-21(17)20(18(23)12-26-22)14-4-6-16(28)7-5-14/h2-12,28H,1,24H2,(H,26,27)/b17-9+,19-10+. The number of nitrogens with zero attached hydrogens (tertiary/aromatic N) is 2. The summed E-state index contributed by atoms with van der Waals surface area (Å²) in [7, 11) is 0. The van der Waals surface area contributed by atoms with E-state index in [9.17, 15) is 9.50 Å². The van der Waals surface area contributed by atoms with Crippen LogP contribution in [0.4, 0.5) is 4.39 Å². The van der Waals surface area contributed by atoms with Crippen LogP contribution < -0.4 is 16.3 Å². The first-order valence-corrected chi connectivity index (χ1v) is 8.57. The lowest BCUT2D eigenvalue weighted by Crippen LogP contribution is -2.24. The summed E-state index contributed by atoms with van der Waals surface area (Å²) in [5.74, 6) is -0.362. The molecule has 138 valence electrons. The Labute approximate surface area is 160 Å². The van der Waals surface area contributed by atoms with E-state index < -0.39 is 5.82 Å². The zero-order valence-corrected chi connectivity index (χ0v) is 14.9. The van der Waals surface area contributed by atoms with E-state index in [1.165, 1.54) is 24.5 Å². The van der Waals surface area contributed by atoms with Crippen molar-refractivity contribution in [2.75, 3.05) is 0 Å². The molecule has 3 aromatic heterocycles. The van der Waals surface area contributed by atoms with Crippen molar-refractivity contribution in [1.29, 1.82) is 0 Å². The van der Waals surface area contributed by atoms with Crippen LogP contribution in [-0.4, -0.2) is 20.1 Å². The van der Waals surface area contributed by atoms with Crippen molar-refractivity contribution in [3.05, 3.63) is 83.5 Å². The molecule has 4 rings (SSSR count). The Morgan fingerprint density at radius 2 is 1.96 bits per heavy atom. The molecule has 0 aliphatic heterocycles. The van der Waals surface area contributed by atoms with Gasteiger partial charge in [0.05, 0.1) is 11.5 Å². The summed E-state index contributed by atoms with van der Waals surface area (Å²) in [5.41, 5.74) is 8.85. The van der Waals surface area contributed by atoms with E-state index in [2.05, 4.69) is 21.5 Å². The summed E-state index contributed by atoms with van der Waals surface area (Å²) >= 11 is 0. The smallest absolute Gasteiger partial charge is 0.150 e. The normalized spacial score (nSPS) is 12.6. The number of rotatable bonds is 3. The van der Waals surface area contributed by atoms with Gasteiger partial charge in [0.2, 0.25) is 0 Å². The van der Waals surface area contributed by atoms with E-state index in [0.717, 1.165) is 5.56 Å². The lowest BCUT2D eigenvalue weighted by Gasteiger charge is -2.06. The van der Waals surface area contributed by atoms with Crippen LogP contribution >= 0.6 is 0 Å². The van der Waals surface area contributed by atoms with Gasteiger partial charge in [-0.2, -0.15) is 0 Å². The number of aromatic amines is 1. The number of hydrogen-bond acceptors (Lipinski definition) is 4. The Hall–Kier alpha value is -3.93. The highest BCUT2D eigenvalue weighted by Crippen LogP contribution is 2.29. The number of hydrogen-bond donors (Lipinski definition) is 3. The van der Waals surface area contributed by atoms with Crippen LogP contribution in [0, 0.1) is 5.82 Å². The third-order valence-corrected chi connectivity index (χ3v) is 4.52. The molecule has 0 bridgehead atoms. The van der Waals surface area contributed by atoms with Crippen molar-refractivity contribution in [2.24, 2.45) is 5.73 Å². The quantitative estimate of drug-likeness (QED) is 0.516. The summed E-state index contributed by atoms with van der Waals surface area (Å²) in [6.07, 6.45) is 7.81. The molecule has 6 heteroatoms. The zero-order valence-electron chi connectivity index (χ0n) is 14.9. The minimum atomic E-state index is -0.470. The Kier molecular flexibility index (Phi) is 4.37. The lowest BCUT2D eigenvalue weighted by molar-refractivity contribution is 0.475. The number of benzene rings is 1. The molecule has 0 aliphatic rings. The molecule has 0 unspecified atom stereocenters. The van der Waals surface area contributed by atoms with Crippen LogP contribution in [0.3, 0.4) is 0 Å².